The first-order valence-electron chi connectivity index (χ1n) is 49.0. The summed E-state index contributed by atoms with van der Waals surface area (Å²) in [7, 11) is 0. The monoisotopic (exact) mass is 1680 g/mol. The van der Waals surface area contributed by atoms with Gasteiger partial charge in [0.2, 0.25) is 0 Å². The average molecular weight is 1680 g/mol. The molecule has 124 heavy (non-hydrogen) atoms. The van der Waals surface area contributed by atoms with E-state index in [0.29, 0.717) is 87.0 Å². The molecule has 13 rings (SSSR count). The van der Waals surface area contributed by atoms with E-state index in [1.165, 1.54) is 205 Å². The third-order valence-electron chi connectivity index (χ3n) is 25.7. The van der Waals surface area contributed by atoms with Gasteiger partial charge in [0.25, 0.3) is 0 Å². The Bertz CT molecular complexity index is 5180. The van der Waals surface area contributed by atoms with Gasteiger partial charge in [-0.15, -0.1) is 0 Å². The Morgan fingerprint density at radius 3 is 0.887 bits per heavy atom. The van der Waals surface area contributed by atoms with Gasteiger partial charge in [0.05, 0.1) is 48.7 Å². The van der Waals surface area contributed by atoms with Gasteiger partial charge >= 0.3 is 23.9 Å². The number of benzene rings is 8. The third-order valence-corrected chi connectivity index (χ3v) is 25.7. The highest BCUT2D eigenvalue weighted by Crippen LogP contribution is 2.46. The number of hydrogen-bond donors (Lipinski definition) is 1. The fraction of sp³-hybridized carbons (Fsp3) is 0.528. The minimum Gasteiger partial charge on any atom is -0.462 e. The summed E-state index contributed by atoms with van der Waals surface area (Å²) < 4.78 is 26.1. The number of hydrogen-bond acceptors (Lipinski definition) is 16. The number of nitrogens with one attached hydrogen (secondary N) is 1. The van der Waals surface area contributed by atoms with Crippen molar-refractivity contribution < 1.29 is 38.1 Å². The fourth-order valence-electron chi connectivity index (χ4n) is 18.7. The van der Waals surface area contributed by atoms with Crippen LogP contribution in [-0.2, 0) is 18.9 Å². The number of amidine groups is 7. The number of esters is 4. The van der Waals surface area contributed by atoms with E-state index in [9.17, 15) is 0 Å². The first kappa shape index (κ1) is 91.9. The summed E-state index contributed by atoms with van der Waals surface area (Å²) in [4.78, 5) is 103. The van der Waals surface area contributed by atoms with E-state index in [4.69, 9.17) is 53.9 Å². The number of carbonyl (C=O) groups is 4. The maximum atomic E-state index is 16.0. The molecule has 0 aliphatic carbocycles. The van der Waals surface area contributed by atoms with Gasteiger partial charge in [-0.3, -0.25) is 0 Å². The number of nitrogens with zero attached hydrogens (tertiary/aromatic N) is 7. The van der Waals surface area contributed by atoms with Gasteiger partial charge in [-0.2, -0.15) is 0 Å². The molecule has 8 aromatic carbocycles. The lowest BCUT2D eigenvalue weighted by Gasteiger charge is -2.19. The molecule has 0 amide bonds. The van der Waals surface area contributed by atoms with Crippen LogP contribution in [0.4, 0.5) is 0 Å². The number of rotatable bonds is 56. The van der Waals surface area contributed by atoms with Crippen LogP contribution >= 0.6 is 0 Å². The van der Waals surface area contributed by atoms with Gasteiger partial charge in [0.15, 0.2) is 35.3 Å². The van der Waals surface area contributed by atoms with Gasteiger partial charge in [-0.05, 0) is 93.0 Å². The molecule has 1 N–H and O–H groups in total. The largest absolute Gasteiger partial charge is 0.462 e. The van der Waals surface area contributed by atoms with Crippen molar-refractivity contribution in [3.8, 4) is 0 Å². The van der Waals surface area contributed by atoms with Gasteiger partial charge in [0, 0.05) is 44.5 Å². The van der Waals surface area contributed by atoms with Crippen LogP contribution in [0.1, 0.15) is 428 Å². The summed E-state index contributed by atoms with van der Waals surface area (Å²) in [5.74, 6) is -1.02. The molecule has 1 atom stereocenters. The highest BCUT2D eigenvalue weighted by atomic mass is 16.5. The SMILES string of the molecule is CCCCCCCCCCCCCCOC(=O)c1c2c(c(C(=O)OCCCCCCCCCCCCCC)c3ccccc13)C1=NC2=NC2=NC(N=C3N=C(N=C4N=C(N1)c1cc5ccccc5cc14)c1cc4ccccc4cc13)c1c2c(C(=O)OCCCCCCCCCCCCCC)c2ccccc2c1C(=O)OCCCCCCCCCCCCCC. The normalized spacial score (nSPS) is 14.2. The Morgan fingerprint density at radius 1 is 0.258 bits per heavy atom. The van der Waals surface area contributed by atoms with Crippen molar-refractivity contribution in [3.63, 3.8) is 0 Å². The molecule has 0 saturated heterocycles. The van der Waals surface area contributed by atoms with E-state index in [-0.39, 0.29) is 94.3 Å². The molecular formula is C108H138N8O8. The molecule has 16 nitrogen and oxygen atoms in total. The summed E-state index contributed by atoms with van der Waals surface area (Å²) in [5, 5.41) is 9.30. The fourth-order valence-corrected chi connectivity index (χ4v) is 18.7. The van der Waals surface area contributed by atoms with Crippen LogP contribution in [0.15, 0.2) is 156 Å². The second-order valence-corrected chi connectivity index (χ2v) is 35.4. The summed E-state index contributed by atoms with van der Waals surface area (Å²) in [5.41, 5.74) is 4.32. The molecule has 0 spiro atoms. The first-order valence-corrected chi connectivity index (χ1v) is 49.0. The summed E-state index contributed by atoms with van der Waals surface area (Å²) in [6.45, 7) is 9.65. The van der Waals surface area contributed by atoms with Gasteiger partial charge in [-0.1, -0.05) is 407 Å². The maximum absolute atomic E-state index is 16.0. The second-order valence-electron chi connectivity index (χ2n) is 35.4. The van der Waals surface area contributed by atoms with Crippen LogP contribution in [-0.4, -0.2) is 91.2 Å². The highest BCUT2D eigenvalue weighted by Gasteiger charge is 2.43. The Balaban J connectivity index is 0.942. The zero-order chi connectivity index (χ0) is 85.9. The van der Waals surface area contributed by atoms with E-state index in [1.807, 2.05) is 72.8 Å². The van der Waals surface area contributed by atoms with E-state index in [1.54, 1.807) is 0 Å². The minimum absolute atomic E-state index is 0.0168. The van der Waals surface area contributed by atoms with E-state index < -0.39 is 30.0 Å². The van der Waals surface area contributed by atoms with Crippen LogP contribution in [0.2, 0.25) is 0 Å². The van der Waals surface area contributed by atoms with Gasteiger partial charge < -0.3 is 24.3 Å². The van der Waals surface area contributed by atoms with Crippen LogP contribution in [0.25, 0.3) is 43.1 Å². The lowest BCUT2D eigenvalue weighted by Crippen LogP contribution is -2.32. The zero-order valence-corrected chi connectivity index (χ0v) is 75.3. The van der Waals surface area contributed by atoms with Crippen molar-refractivity contribution in [2.45, 2.75) is 342 Å². The Morgan fingerprint density at radius 2 is 0.516 bits per heavy atom. The van der Waals surface area contributed by atoms with Crippen molar-refractivity contribution in [2.24, 2.45) is 34.9 Å². The van der Waals surface area contributed by atoms with Crippen LogP contribution < -0.4 is 5.32 Å². The molecule has 1 unspecified atom stereocenters. The van der Waals surface area contributed by atoms with Crippen LogP contribution in [0, 0.1) is 0 Å². The first-order chi connectivity index (χ1) is 61.2. The molecule has 5 aliphatic heterocycles. The minimum atomic E-state index is -1.32. The predicted octanol–water partition coefficient (Wildman–Crippen LogP) is 28.7. The second kappa shape index (κ2) is 49.2. The zero-order valence-electron chi connectivity index (χ0n) is 75.3. The molecule has 658 valence electrons. The highest BCUT2D eigenvalue weighted by molar-refractivity contribution is 6.39. The number of aliphatic imine (C=N–C) groups is 7. The summed E-state index contributed by atoms with van der Waals surface area (Å²) in [6, 6.07) is 39.5. The lowest BCUT2D eigenvalue weighted by atomic mass is 9.88. The van der Waals surface area contributed by atoms with E-state index >= 15 is 19.2 Å². The maximum Gasteiger partial charge on any atom is 0.339 e. The van der Waals surface area contributed by atoms with Crippen LogP contribution in [0.3, 0.4) is 0 Å². The molecule has 8 aromatic rings. The number of carbonyl (C=O) groups excluding carboxylic acids is 4. The quantitative estimate of drug-likeness (QED) is 0.0218. The van der Waals surface area contributed by atoms with Gasteiger partial charge in [0.1, 0.15) is 11.7 Å². The van der Waals surface area contributed by atoms with Crippen molar-refractivity contribution in [1.82, 2.24) is 5.32 Å². The molecule has 0 saturated carbocycles. The molecule has 5 heterocycles. The Labute approximate surface area is 738 Å². The van der Waals surface area contributed by atoms with Crippen LogP contribution in [0.5, 0.6) is 0 Å². The Hall–Kier alpha value is -9.83. The molecule has 0 aromatic heterocycles. The Kier molecular flexibility index (Phi) is 36.4. The standard InChI is InChI=1S/C108H138N8O8/c1-5-9-13-17-21-25-29-33-37-41-45-57-69-121-105(117)89-81-65-53-55-67-83(81)91(107(119)123-71-59-47-43-39-35-31-27-23-19-15-11-7-3)95-93(89)101-112-99-87-75-79-63-51-49-61-77(79)73-85(87)97(110-99)109-98-86-74-78-62-50-52-64-80(78)76-88(86)100(111-98)113-102-94-90(106(118)122-70-58-46-42-38-34-30-26-22-18-14-10-6-2)82-66-54-56-68-84(82)92(96(94)104(115-102)116-103(95)114-101)108(120)124-72-60-48-44-40-36-32-28-24-20-16-12-8-4/h49-56,61-68,73-76,101H,5-48,57-60,69-72H2,1-4H3,(H,109,110,111,112,113,114,115,116). The summed E-state index contributed by atoms with van der Waals surface area (Å²) in [6.07, 6.45) is 53.8. The number of ether oxygens (including phenoxy) is 4. The third kappa shape index (κ3) is 24.4. The number of unbranched alkanes of at least 4 members (excludes halogenated alkanes) is 44. The molecule has 5 aliphatic rings. The predicted molar refractivity (Wildman–Crippen MR) is 513 cm³/mol. The molecule has 16 heteroatoms. The number of fused-ring (bicyclic) bond motifs is 20. The van der Waals surface area contributed by atoms with Gasteiger partial charge in [-0.25, -0.2) is 54.1 Å². The molecular weight excluding hydrogens is 1540 g/mol. The van der Waals surface area contributed by atoms with E-state index in [0.717, 1.165) is 98.6 Å². The topological polar surface area (TPSA) is 204 Å². The average Bonchev–Trinajstić information content (AvgIpc) is 1.54. The smallest absolute Gasteiger partial charge is 0.339 e. The van der Waals surface area contributed by atoms with Crippen molar-refractivity contribution in [1.29, 1.82) is 0 Å². The molecule has 8 bridgehead atoms. The van der Waals surface area contributed by atoms with Crippen molar-refractivity contribution in [3.05, 3.63) is 188 Å². The van der Waals surface area contributed by atoms with E-state index in [2.05, 4.69) is 81.5 Å². The van der Waals surface area contributed by atoms with Crippen molar-refractivity contribution in [2.75, 3.05) is 26.4 Å². The van der Waals surface area contributed by atoms with Crippen molar-refractivity contribution >= 4 is 108 Å². The molecule has 0 fully saturated rings. The summed E-state index contributed by atoms with van der Waals surface area (Å²) >= 11 is 0. The lowest BCUT2D eigenvalue weighted by molar-refractivity contribution is 0.0485. The molecule has 0 radical (unpaired) electrons.